The fraction of sp³-hybridized carbons (Fsp3) is 0.680. The normalized spacial score (nSPS) is 21.1. The van der Waals surface area contributed by atoms with E-state index in [9.17, 15) is 8.42 Å². The maximum Gasteiger partial charge on any atom is 0.228 e. The first-order chi connectivity index (χ1) is 17.5. The van der Waals surface area contributed by atoms with E-state index < -0.39 is 9.84 Å². The summed E-state index contributed by atoms with van der Waals surface area (Å²) < 4.78 is 35.7. The molecule has 0 amide bonds. The number of sulfone groups is 1. The molecule has 198 valence electrons. The van der Waals surface area contributed by atoms with E-state index in [1.165, 1.54) is 25.9 Å². The molecule has 10 nitrogen and oxygen atoms in total. The number of anilines is 2. The molecule has 0 radical (unpaired) electrons. The summed E-state index contributed by atoms with van der Waals surface area (Å²) >= 11 is 0. The second-order valence-corrected chi connectivity index (χ2v) is 12.3. The van der Waals surface area contributed by atoms with Crippen LogP contribution in [0.5, 0.6) is 11.5 Å². The van der Waals surface area contributed by atoms with Crippen LogP contribution in [-0.2, 0) is 9.84 Å². The number of nitrogens with zero attached hydrogens (tertiary/aromatic N) is 4. The fourth-order valence-electron chi connectivity index (χ4n) is 5.21. The number of aromatic nitrogens is 2. The zero-order chi connectivity index (χ0) is 25.0. The van der Waals surface area contributed by atoms with Crippen molar-refractivity contribution in [2.75, 3.05) is 74.8 Å². The number of rotatable bonds is 9. The highest BCUT2D eigenvalue weighted by atomic mass is 32.2. The van der Waals surface area contributed by atoms with Crippen molar-refractivity contribution < 1.29 is 17.9 Å². The first kappa shape index (κ1) is 25.3. The molecule has 3 saturated heterocycles. The highest BCUT2D eigenvalue weighted by Crippen LogP contribution is 2.36. The van der Waals surface area contributed by atoms with Crippen molar-refractivity contribution in [3.05, 3.63) is 12.1 Å². The topological polar surface area (TPSA) is 109 Å². The molecule has 0 bridgehead atoms. The van der Waals surface area contributed by atoms with Gasteiger partial charge >= 0.3 is 0 Å². The van der Waals surface area contributed by atoms with Crippen LogP contribution in [0.3, 0.4) is 0 Å². The molecule has 0 aliphatic carbocycles. The Hall–Kier alpha value is -2.37. The third-order valence-electron chi connectivity index (χ3n) is 7.31. The summed E-state index contributed by atoms with van der Waals surface area (Å²) in [6.07, 6.45) is 5.72. The van der Waals surface area contributed by atoms with Crippen molar-refractivity contribution >= 4 is 32.5 Å². The summed E-state index contributed by atoms with van der Waals surface area (Å²) in [5.41, 5.74) is 0.784. The van der Waals surface area contributed by atoms with Crippen molar-refractivity contribution in [1.29, 1.82) is 0 Å². The van der Waals surface area contributed by atoms with Crippen molar-refractivity contribution in [2.24, 2.45) is 0 Å². The summed E-state index contributed by atoms with van der Waals surface area (Å²) in [5, 5.41) is 7.77. The van der Waals surface area contributed by atoms with Crippen LogP contribution in [0, 0.1) is 0 Å². The SMILES string of the molecule is COc1cc2c(NC3CCS(=O)(=O)CC3)nc(N3CCCNC3)nc2cc1OCCCN1CCCC1. The van der Waals surface area contributed by atoms with Crippen LogP contribution in [0.1, 0.15) is 38.5 Å². The Morgan fingerprint density at radius 2 is 1.89 bits per heavy atom. The molecule has 1 aromatic carbocycles. The number of likely N-dealkylation sites (tertiary alicyclic amines) is 1. The zero-order valence-electron chi connectivity index (χ0n) is 21.2. The molecule has 3 aliphatic heterocycles. The lowest BCUT2D eigenvalue weighted by Gasteiger charge is -2.29. The van der Waals surface area contributed by atoms with E-state index in [1.54, 1.807) is 7.11 Å². The molecule has 4 heterocycles. The predicted octanol–water partition coefficient (Wildman–Crippen LogP) is 2.25. The monoisotopic (exact) mass is 518 g/mol. The molecule has 0 spiro atoms. The number of nitrogens with one attached hydrogen (secondary N) is 2. The fourth-order valence-corrected chi connectivity index (χ4v) is 6.70. The molecule has 1 aromatic heterocycles. The summed E-state index contributed by atoms with van der Waals surface area (Å²) in [6.45, 7) is 6.61. The second kappa shape index (κ2) is 11.4. The van der Waals surface area contributed by atoms with E-state index in [2.05, 4.69) is 20.4 Å². The maximum atomic E-state index is 11.9. The van der Waals surface area contributed by atoms with Crippen LogP contribution in [0.2, 0.25) is 0 Å². The Balaban J connectivity index is 1.40. The molecule has 0 atom stereocenters. The van der Waals surface area contributed by atoms with E-state index in [1.807, 2.05) is 12.1 Å². The largest absolute Gasteiger partial charge is 0.493 e. The third kappa shape index (κ3) is 6.12. The molecular weight excluding hydrogens is 480 g/mol. The van der Waals surface area contributed by atoms with Gasteiger partial charge < -0.3 is 24.6 Å². The van der Waals surface area contributed by atoms with E-state index in [-0.39, 0.29) is 17.5 Å². The molecular formula is C25H38N6O4S. The van der Waals surface area contributed by atoms with Gasteiger partial charge in [-0.2, -0.15) is 4.98 Å². The molecule has 0 saturated carbocycles. The van der Waals surface area contributed by atoms with Crippen LogP contribution in [-0.4, -0.2) is 93.9 Å². The van der Waals surface area contributed by atoms with Crippen LogP contribution in [0.25, 0.3) is 10.9 Å². The summed E-state index contributed by atoms with van der Waals surface area (Å²) in [4.78, 5) is 14.4. The summed E-state index contributed by atoms with van der Waals surface area (Å²) in [7, 11) is -1.29. The maximum absolute atomic E-state index is 11.9. The second-order valence-electron chi connectivity index (χ2n) is 9.99. The molecule has 11 heteroatoms. The van der Waals surface area contributed by atoms with Crippen LogP contribution < -0.4 is 25.0 Å². The molecule has 2 N–H and O–H groups in total. The first-order valence-corrected chi connectivity index (χ1v) is 15.0. The predicted molar refractivity (Wildman–Crippen MR) is 142 cm³/mol. The van der Waals surface area contributed by atoms with Crippen LogP contribution in [0.15, 0.2) is 12.1 Å². The van der Waals surface area contributed by atoms with Gasteiger partial charge in [-0.25, -0.2) is 13.4 Å². The number of hydrogen-bond donors (Lipinski definition) is 2. The Morgan fingerprint density at radius 1 is 1.08 bits per heavy atom. The van der Waals surface area contributed by atoms with E-state index >= 15 is 0 Å². The lowest BCUT2D eigenvalue weighted by molar-refractivity contribution is 0.254. The van der Waals surface area contributed by atoms with Gasteiger partial charge in [0.25, 0.3) is 0 Å². The standard InChI is InChI=1S/C25H38N6O4S/c1-34-22-16-20-21(17-23(22)35-13-5-11-30-9-2-3-10-30)28-25(31-12-4-8-26-18-31)29-24(20)27-19-6-14-36(32,33)15-7-19/h16-17,19,26H,2-15,18H2,1H3,(H,27,28,29). The molecule has 0 unspecified atom stereocenters. The van der Waals surface area contributed by atoms with Gasteiger partial charge in [-0.05, 0) is 64.2 Å². The minimum absolute atomic E-state index is 0.0477. The lowest BCUT2D eigenvalue weighted by atomic mass is 10.1. The molecule has 5 rings (SSSR count). The quantitative estimate of drug-likeness (QED) is 0.480. The van der Waals surface area contributed by atoms with Crippen molar-refractivity contribution in [3.8, 4) is 11.5 Å². The summed E-state index contributed by atoms with van der Waals surface area (Å²) in [5.74, 6) is 3.11. The van der Waals surface area contributed by atoms with Gasteiger partial charge in [0.05, 0.1) is 37.4 Å². The average Bonchev–Trinajstić information content (AvgIpc) is 3.41. The van der Waals surface area contributed by atoms with Gasteiger partial charge in [-0.1, -0.05) is 0 Å². The summed E-state index contributed by atoms with van der Waals surface area (Å²) in [6, 6.07) is 3.93. The van der Waals surface area contributed by atoms with Gasteiger partial charge in [-0.15, -0.1) is 0 Å². The Bertz CT molecular complexity index is 1130. The van der Waals surface area contributed by atoms with Gasteiger partial charge in [0.2, 0.25) is 5.95 Å². The van der Waals surface area contributed by atoms with E-state index in [0.29, 0.717) is 49.4 Å². The zero-order valence-corrected chi connectivity index (χ0v) is 22.0. The first-order valence-electron chi connectivity index (χ1n) is 13.2. The minimum atomic E-state index is -2.94. The third-order valence-corrected chi connectivity index (χ3v) is 9.02. The number of benzene rings is 1. The van der Waals surface area contributed by atoms with E-state index in [4.69, 9.17) is 19.4 Å². The van der Waals surface area contributed by atoms with Crippen molar-refractivity contribution in [2.45, 2.75) is 44.6 Å². The lowest BCUT2D eigenvalue weighted by Crippen LogP contribution is -2.42. The molecule has 2 aromatic rings. The van der Waals surface area contributed by atoms with E-state index in [0.717, 1.165) is 43.4 Å². The number of methoxy groups -OCH3 is 1. The molecule has 3 fully saturated rings. The highest BCUT2D eigenvalue weighted by Gasteiger charge is 2.25. The Labute approximate surface area is 213 Å². The minimum Gasteiger partial charge on any atom is -0.493 e. The van der Waals surface area contributed by atoms with Crippen molar-refractivity contribution in [3.63, 3.8) is 0 Å². The van der Waals surface area contributed by atoms with Crippen LogP contribution >= 0.6 is 0 Å². The molecule has 36 heavy (non-hydrogen) atoms. The number of hydrogen-bond acceptors (Lipinski definition) is 10. The highest BCUT2D eigenvalue weighted by molar-refractivity contribution is 7.91. The van der Waals surface area contributed by atoms with Gasteiger partial charge in [-0.3, -0.25) is 5.32 Å². The Kier molecular flexibility index (Phi) is 7.97. The average molecular weight is 519 g/mol. The van der Waals surface area contributed by atoms with Gasteiger partial charge in [0.15, 0.2) is 11.5 Å². The molecule has 3 aliphatic rings. The van der Waals surface area contributed by atoms with Gasteiger partial charge in [0, 0.05) is 30.6 Å². The Morgan fingerprint density at radius 3 is 2.61 bits per heavy atom. The van der Waals surface area contributed by atoms with Gasteiger partial charge in [0.1, 0.15) is 15.7 Å². The number of fused-ring (bicyclic) bond motifs is 1. The smallest absolute Gasteiger partial charge is 0.228 e. The number of ether oxygens (including phenoxy) is 2. The van der Waals surface area contributed by atoms with Crippen molar-refractivity contribution in [1.82, 2.24) is 20.2 Å². The van der Waals surface area contributed by atoms with Crippen LogP contribution in [0.4, 0.5) is 11.8 Å².